The third-order valence-electron chi connectivity index (χ3n) is 4.79. The van der Waals surface area contributed by atoms with Crippen LogP contribution < -0.4 is 4.74 Å². The first-order valence-electron chi connectivity index (χ1n) is 8.86. The Bertz CT molecular complexity index is 759. The van der Waals surface area contributed by atoms with Gasteiger partial charge >= 0.3 is 12.6 Å². The van der Waals surface area contributed by atoms with Gasteiger partial charge in [-0.3, -0.25) is 9.59 Å². The molecular formula is C18H20F2N2O6. The van der Waals surface area contributed by atoms with E-state index in [9.17, 15) is 23.2 Å². The second-order valence-corrected chi connectivity index (χ2v) is 6.51. The number of benzene rings is 1. The van der Waals surface area contributed by atoms with Crippen LogP contribution in [0.1, 0.15) is 23.2 Å². The number of hydrogen-bond donors (Lipinski definition) is 1. The number of carbonyl (C=O) groups excluding carboxylic acids is 2. The number of carbonyl (C=O) groups is 3. The highest BCUT2D eigenvalue weighted by molar-refractivity contribution is 6.00. The summed E-state index contributed by atoms with van der Waals surface area (Å²) in [7, 11) is 0. The largest absolute Gasteiger partial charge is 0.479 e. The lowest BCUT2D eigenvalue weighted by Crippen LogP contribution is -2.54. The van der Waals surface area contributed by atoms with E-state index < -0.39 is 30.6 Å². The minimum Gasteiger partial charge on any atom is -0.479 e. The predicted molar refractivity (Wildman–Crippen MR) is 91.1 cm³/mol. The highest BCUT2D eigenvalue weighted by Crippen LogP contribution is 2.27. The molecule has 2 unspecified atom stereocenters. The summed E-state index contributed by atoms with van der Waals surface area (Å²) in [5, 5.41) is 9.09. The molecule has 2 saturated heterocycles. The number of carboxylic acid groups (broad SMARTS) is 1. The Kier molecular flexibility index (Phi) is 6.08. The van der Waals surface area contributed by atoms with Crippen LogP contribution in [0.3, 0.4) is 0 Å². The number of hydrogen-bond acceptors (Lipinski definition) is 5. The molecule has 0 radical (unpaired) electrons. The van der Waals surface area contributed by atoms with E-state index in [1.165, 1.54) is 34.1 Å². The van der Waals surface area contributed by atoms with Gasteiger partial charge in [-0.25, -0.2) is 4.79 Å². The number of ether oxygens (including phenoxy) is 2. The van der Waals surface area contributed by atoms with E-state index >= 15 is 0 Å². The van der Waals surface area contributed by atoms with Gasteiger partial charge in [-0.1, -0.05) is 12.1 Å². The fourth-order valence-electron chi connectivity index (χ4n) is 3.47. The van der Waals surface area contributed by atoms with E-state index in [2.05, 4.69) is 4.74 Å². The molecule has 10 heteroatoms. The van der Waals surface area contributed by atoms with Crippen LogP contribution >= 0.6 is 0 Å². The van der Waals surface area contributed by atoms with E-state index in [0.717, 1.165) is 0 Å². The van der Waals surface area contributed by atoms with E-state index in [4.69, 9.17) is 9.84 Å². The van der Waals surface area contributed by atoms with Crippen molar-refractivity contribution < 1.29 is 37.7 Å². The highest BCUT2D eigenvalue weighted by atomic mass is 19.3. The first-order chi connectivity index (χ1) is 13.4. The van der Waals surface area contributed by atoms with Crippen molar-refractivity contribution in [2.75, 3.05) is 26.2 Å². The van der Waals surface area contributed by atoms with Crippen molar-refractivity contribution >= 4 is 17.8 Å². The highest BCUT2D eigenvalue weighted by Gasteiger charge is 2.40. The first-order valence-corrected chi connectivity index (χ1v) is 8.86. The molecule has 1 N–H and O–H groups in total. The van der Waals surface area contributed by atoms with Crippen LogP contribution in [-0.2, 0) is 14.3 Å². The number of carboxylic acids is 1. The monoisotopic (exact) mass is 398 g/mol. The summed E-state index contributed by atoms with van der Waals surface area (Å²) >= 11 is 0. The maximum absolute atomic E-state index is 12.9. The van der Waals surface area contributed by atoms with Crippen LogP contribution in [0.25, 0.3) is 0 Å². The smallest absolute Gasteiger partial charge is 0.387 e. The molecule has 152 valence electrons. The fourth-order valence-corrected chi connectivity index (χ4v) is 3.47. The number of nitrogens with zero attached hydrogens (tertiary/aromatic N) is 2. The number of rotatable bonds is 5. The summed E-state index contributed by atoms with van der Waals surface area (Å²) in [5.41, 5.74) is -0.0483. The lowest BCUT2D eigenvalue weighted by Gasteiger charge is -2.35. The summed E-state index contributed by atoms with van der Waals surface area (Å²) < 4.78 is 34.8. The quantitative estimate of drug-likeness (QED) is 0.801. The Hall–Kier alpha value is -2.75. The van der Waals surface area contributed by atoms with Crippen molar-refractivity contribution in [3.63, 3.8) is 0 Å². The lowest BCUT2D eigenvalue weighted by molar-refractivity contribution is -0.160. The average molecular weight is 398 g/mol. The van der Waals surface area contributed by atoms with Crippen LogP contribution in [0.4, 0.5) is 8.78 Å². The summed E-state index contributed by atoms with van der Waals surface area (Å²) in [6.45, 7) is -2.56. The topological polar surface area (TPSA) is 96.4 Å². The second kappa shape index (κ2) is 8.51. The molecule has 2 heterocycles. The molecule has 2 amide bonds. The van der Waals surface area contributed by atoms with Gasteiger partial charge in [-0.2, -0.15) is 8.78 Å². The van der Waals surface area contributed by atoms with E-state index in [0.29, 0.717) is 19.4 Å². The molecule has 0 spiro atoms. The van der Waals surface area contributed by atoms with E-state index in [1.54, 1.807) is 0 Å². The van der Waals surface area contributed by atoms with Crippen LogP contribution in [0.2, 0.25) is 0 Å². The molecule has 0 aliphatic carbocycles. The van der Waals surface area contributed by atoms with E-state index in [1.807, 2.05) is 0 Å². The standard InChI is InChI=1S/C18H20F2N2O6/c19-18(20)28-13-6-2-1-4-11(13)15(23)22-7-3-5-12(22)16(24)21-8-9-27-14(10-21)17(25)26/h1-2,4,6,12,14,18H,3,5,7-10H2,(H,25,26). The molecule has 2 fully saturated rings. The molecule has 8 nitrogen and oxygen atoms in total. The maximum atomic E-state index is 12.9. The average Bonchev–Trinajstić information content (AvgIpc) is 3.16. The van der Waals surface area contributed by atoms with Crippen LogP contribution in [-0.4, -0.2) is 77.7 Å². The number of halogens is 2. The summed E-state index contributed by atoms with van der Waals surface area (Å²) in [6.07, 6.45) is -0.118. The number of aliphatic carboxylic acids is 1. The van der Waals surface area contributed by atoms with Crippen molar-refractivity contribution in [2.45, 2.75) is 31.6 Å². The van der Waals surface area contributed by atoms with Crippen molar-refractivity contribution in [2.24, 2.45) is 0 Å². The Labute approximate surface area is 159 Å². The minimum absolute atomic E-state index is 0.0483. The zero-order valence-electron chi connectivity index (χ0n) is 14.9. The molecule has 1 aromatic carbocycles. The second-order valence-electron chi connectivity index (χ2n) is 6.51. The molecule has 2 aliphatic heterocycles. The van der Waals surface area contributed by atoms with Crippen molar-refractivity contribution in [1.82, 2.24) is 9.80 Å². The van der Waals surface area contributed by atoms with E-state index in [-0.39, 0.29) is 36.9 Å². The summed E-state index contributed by atoms with van der Waals surface area (Å²) in [5.74, 6) is -2.35. The maximum Gasteiger partial charge on any atom is 0.387 e. The molecule has 2 aliphatic rings. The molecule has 28 heavy (non-hydrogen) atoms. The Balaban J connectivity index is 1.77. The lowest BCUT2D eigenvalue weighted by atomic mass is 10.1. The van der Waals surface area contributed by atoms with Crippen molar-refractivity contribution in [3.8, 4) is 5.75 Å². The molecule has 1 aromatic rings. The van der Waals surface area contributed by atoms with Gasteiger partial charge in [-0.15, -0.1) is 0 Å². The third-order valence-corrected chi connectivity index (χ3v) is 4.79. The van der Waals surface area contributed by atoms with Crippen LogP contribution in [0.5, 0.6) is 5.75 Å². The van der Waals surface area contributed by atoms with Gasteiger partial charge in [0.15, 0.2) is 6.10 Å². The van der Waals surface area contributed by atoms with Gasteiger partial charge in [0, 0.05) is 13.1 Å². The number of para-hydroxylation sites is 1. The number of amides is 2. The molecule has 0 aromatic heterocycles. The first kappa shape index (κ1) is 20.0. The van der Waals surface area contributed by atoms with Gasteiger partial charge in [0.1, 0.15) is 11.8 Å². The van der Waals surface area contributed by atoms with Gasteiger partial charge in [0.2, 0.25) is 5.91 Å². The Morgan fingerprint density at radius 2 is 1.96 bits per heavy atom. The van der Waals surface area contributed by atoms with Gasteiger partial charge in [0.05, 0.1) is 18.7 Å². The minimum atomic E-state index is -3.08. The molecule has 0 saturated carbocycles. The number of likely N-dealkylation sites (tertiary alicyclic amines) is 1. The molecule has 2 atom stereocenters. The fraction of sp³-hybridized carbons (Fsp3) is 0.500. The van der Waals surface area contributed by atoms with Gasteiger partial charge < -0.3 is 24.4 Å². The van der Waals surface area contributed by atoms with Crippen molar-refractivity contribution in [1.29, 1.82) is 0 Å². The number of morpholine rings is 1. The zero-order valence-corrected chi connectivity index (χ0v) is 14.9. The Morgan fingerprint density at radius 1 is 1.21 bits per heavy atom. The SMILES string of the molecule is O=C(O)C1CN(C(=O)C2CCCN2C(=O)c2ccccc2OC(F)F)CCO1. The predicted octanol–water partition coefficient (Wildman–Crippen LogP) is 1.20. The van der Waals surface area contributed by atoms with Crippen LogP contribution in [0.15, 0.2) is 24.3 Å². The molecule has 0 bridgehead atoms. The summed E-state index contributed by atoms with van der Waals surface area (Å²) in [6, 6.07) is 4.86. The molecular weight excluding hydrogens is 378 g/mol. The van der Waals surface area contributed by atoms with Crippen LogP contribution in [0, 0.1) is 0 Å². The number of alkyl halides is 2. The normalized spacial score (nSPS) is 22.4. The molecule has 3 rings (SSSR count). The zero-order chi connectivity index (χ0) is 20.3. The van der Waals surface area contributed by atoms with Gasteiger partial charge in [0.25, 0.3) is 5.91 Å². The van der Waals surface area contributed by atoms with Crippen molar-refractivity contribution in [3.05, 3.63) is 29.8 Å². The van der Waals surface area contributed by atoms with Gasteiger partial charge in [-0.05, 0) is 25.0 Å². The summed E-state index contributed by atoms with van der Waals surface area (Å²) in [4.78, 5) is 39.7. The Morgan fingerprint density at radius 3 is 2.68 bits per heavy atom. The third kappa shape index (κ3) is 4.22.